The first-order valence-corrected chi connectivity index (χ1v) is 6.47. The van der Waals surface area contributed by atoms with Gasteiger partial charge in [-0.2, -0.15) is 5.26 Å². The van der Waals surface area contributed by atoms with Crippen molar-refractivity contribution in [3.8, 4) is 6.07 Å². The Labute approximate surface area is 123 Å². The molecule has 1 N–H and O–H groups in total. The van der Waals surface area contributed by atoms with Crippen LogP contribution in [0.15, 0.2) is 60.7 Å². The van der Waals surface area contributed by atoms with Gasteiger partial charge in [0.05, 0.1) is 17.3 Å². The Kier molecular flexibility index (Phi) is 4.73. The van der Waals surface area contributed by atoms with E-state index in [-0.39, 0.29) is 5.91 Å². The molecule has 4 nitrogen and oxygen atoms in total. The number of rotatable bonds is 4. The molecule has 0 saturated heterocycles. The summed E-state index contributed by atoms with van der Waals surface area (Å²) in [7, 11) is 1.77. The molecule has 0 aliphatic carbocycles. The van der Waals surface area contributed by atoms with E-state index in [1.165, 1.54) is 6.08 Å². The largest absolute Gasteiger partial charge is 0.288 e. The molecule has 0 bridgehead atoms. The van der Waals surface area contributed by atoms with Crippen LogP contribution in [0.5, 0.6) is 0 Å². The minimum atomic E-state index is -0.255. The van der Waals surface area contributed by atoms with Gasteiger partial charge in [0.2, 0.25) is 0 Å². The van der Waals surface area contributed by atoms with Gasteiger partial charge in [-0.05, 0) is 29.8 Å². The number of anilines is 1. The van der Waals surface area contributed by atoms with Crippen molar-refractivity contribution in [1.29, 1.82) is 5.26 Å². The van der Waals surface area contributed by atoms with Crippen molar-refractivity contribution >= 4 is 17.7 Å². The third-order valence-electron chi connectivity index (χ3n) is 2.92. The molecule has 0 fully saturated rings. The third-order valence-corrected chi connectivity index (χ3v) is 2.92. The minimum absolute atomic E-state index is 0.255. The predicted octanol–water partition coefficient (Wildman–Crippen LogP) is 2.74. The lowest BCUT2D eigenvalue weighted by atomic mass is 10.1. The second-order valence-corrected chi connectivity index (χ2v) is 4.40. The predicted molar refractivity (Wildman–Crippen MR) is 83.2 cm³/mol. The number of nitriles is 1. The summed E-state index contributed by atoms with van der Waals surface area (Å²) in [5.74, 6) is -0.255. The van der Waals surface area contributed by atoms with Gasteiger partial charge in [-0.25, -0.2) is 0 Å². The lowest BCUT2D eigenvalue weighted by Gasteiger charge is -2.19. The van der Waals surface area contributed by atoms with E-state index in [1.807, 2.05) is 36.4 Å². The van der Waals surface area contributed by atoms with E-state index in [9.17, 15) is 4.79 Å². The van der Waals surface area contributed by atoms with Gasteiger partial charge in [-0.3, -0.25) is 15.2 Å². The number of amides is 1. The lowest BCUT2D eigenvalue weighted by Crippen LogP contribution is -2.38. The number of benzene rings is 2. The molecule has 21 heavy (non-hydrogen) atoms. The van der Waals surface area contributed by atoms with Crippen LogP contribution in [0.3, 0.4) is 0 Å². The smallest absolute Gasteiger partial charge is 0.262 e. The van der Waals surface area contributed by atoms with E-state index in [0.717, 1.165) is 11.3 Å². The van der Waals surface area contributed by atoms with E-state index in [4.69, 9.17) is 5.26 Å². The molecule has 2 aromatic carbocycles. The third kappa shape index (κ3) is 3.95. The van der Waals surface area contributed by atoms with Crippen molar-refractivity contribution in [1.82, 2.24) is 5.43 Å². The van der Waals surface area contributed by atoms with Crippen molar-refractivity contribution in [2.24, 2.45) is 0 Å². The van der Waals surface area contributed by atoms with Crippen LogP contribution in [0.1, 0.15) is 11.1 Å². The van der Waals surface area contributed by atoms with E-state index >= 15 is 0 Å². The van der Waals surface area contributed by atoms with Gasteiger partial charge >= 0.3 is 0 Å². The number of carbonyl (C=O) groups excluding carboxylic acids is 1. The second-order valence-electron chi connectivity index (χ2n) is 4.40. The number of nitrogens with zero attached hydrogens (tertiary/aromatic N) is 2. The van der Waals surface area contributed by atoms with Crippen LogP contribution in [0.25, 0.3) is 6.08 Å². The SMILES string of the molecule is CN(NC(=O)/C=C/c1ccccc1C#N)c1ccccc1. The summed E-state index contributed by atoms with van der Waals surface area (Å²) in [5.41, 5.74) is 4.87. The molecule has 4 heteroatoms. The number of carbonyl (C=O) groups is 1. The molecule has 0 radical (unpaired) electrons. The Balaban J connectivity index is 2.02. The number of nitrogens with one attached hydrogen (secondary N) is 1. The molecule has 2 rings (SSSR count). The van der Waals surface area contributed by atoms with Gasteiger partial charge in [0.1, 0.15) is 0 Å². The molecule has 0 atom stereocenters. The zero-order valence-electron chi connectivity index (χ0n) is 11.7. The second kappa shape index (κ2) is 6.92. The zero-order chi connectivity index (χ0) is 15.1. The van der Waals surface area contributed by atoms with Gasteiger partial charge in [0.25, 0.3) is 5.91 Å². The molecule has 0 aromatic heterocycles. The molecule has 0 unspecified atom stereocenters. The number of hydrazine groups is 1. The highest BCUT2D eigenvalue weighted by Crippen LogP contribution is 2.10. The maximum Gasteiger partial charge on any atom is 0.262 e. The van der Waals surface area contributed by atoms with Crippen LogP contribution in [0, 0.1) is 11.3 Å². The molecule has 1 amide bonds. The summed E-state index contributed by atoms with van der Waals surface area (Å²) in [6.45, 7) is 0. The Morgan fingerprint density at radius 1 is 1.14 bits per heavy atom. The molecule has 0 heterocycles. The Hall–Kier alpha value is -3.06. The van der Waals surface area contributed by atoms with Crippen molar-refractivity contribution in [3.63, 3.8) is 0 Å². The monoisotopic (exact) mass is 277 g/mol. The van der Waals surface area contributed by atoms with Gasteiger partial charge in [-0.15, -0.1) is 0 Å². The fourth-order valence-electron chi connectivity index (χ4n) is 1.83. The average Bonchev–Trinajstić information content (AvgIpc) is 2.54. The molecule has 104 valence electrons. The first-order chi connectivity index (χ1) is 10.2. The van der Waals surface area contributed by atoms with Gasteiger partial charge in [0.15, 0.2) is 0 Å². The molecule has 0 spiro atoms. The average molecular weight is 277 g/mol. The first-order valence-electron chi connectivity index (χ1n) is 6.47. The summed E-state index contributed by atoms with van der Waals surface area (Å²) < 4.78 is 0. The fourth-order valence-corrected chi connectivity index (χ4v) is 1.83. The van der Waals surface area contributed by atoms with Crippen LogP contribution < -0.4 is 10.4 Å². The van der Waals surface area contributed by atoms with Crippen LogP contribution in [0.2, 0.25) is 0 Å². The molecule has 0 aliphatic rings. The number of hydrogen-bond donors (Lipinski definition) is 1. The van der Waals surface area contributed by atoms with E-state index in [1.54, 1.807) is 36.3 Å². The quantitative estimate of drug-likeness (QED) is 0.690. The topological polar surface area (TPSA) is 56.1 Å². The maximum atomic E-state index is 11.9. The van der Waals surface area contributed by atoms with Gasteiger partial charge < -0.3 is 0 Å². The molecule has 2 aromatic rings. The first kappa shape index (κ1) is 14.4. The summed E-state index contributed by atoms with van der Waals surface area (Å²) in [6.07, 6.45) is 3.04. The van der Waals surface area contributed by atoms with Crippen LogP contribution >= 0.6 is 0 Å². The van der Waals surface area contributed by atoms with E-state index in [0.29, 0.717) is 5.56 Å². The van der Waals surface area contributed by atoms with E-state index < -0.39 is 0 Å². The highest BCUT2D eigenvalue weighted by Gasteiger charge is 2.03. The molecular formula is C17H15N3O. The van der Waals surface area contributed by atoms with Crippen molar-refractivity contribution in [2.45, 2.75) is 0 Å². The van der Waals surface area contributed by atoms with Gasteiger partial charge in [0, 0.05) is 13.1 Å². The maximum absolute atomic E-state index is 11.9. The Morgan fingerprint density at radius 2 is 1.81 bits per heavy atom. The summed E-state index contributed by atoms with van der Waals surface area (Å²) in [6, 6.07) is 18.7. The molecular weight excluding hydrogens is 262 g/mol. The van der Waals surface area contributed by atoms with Crippen molar-refractivity contribution in [2.75, 3.05) is 12.1 Å². The Bertz CT molecular complexity index is 687. The number of para-hydroxylation sites is 1. The number of hydrogen-bond acceptors (Lipinski definition) is 3. The molecule has 0 saturated carbocycles. The van der Waals surface area contributed by atoms with E-state index in [2.05, 4.69) is 11.5 Å². The van der Waals surface area contributed by atoms with Crippen LogP contribution in [0.4, 0.5) is 5.69 Å². The summed E-state index contributed by atoms with van der Waals surface area (Å²) in [4.78, 5) is 11.9. The Morgan fingerprint density at radius 3 is 2.52 bits per heavy atom. The summed E-state index contributed by atoms with van der Waals surface area (Å²) in [5, 5.41) is 10.6. The standard InChI is InChI=1S/C17H15N3O/c1-20(16-9-3-2-4-10-16)19-17(21)12-11-14-7-5-6-8-15(14)13-18/h2-12H,1H3,(H,19,21)/b12-11+. The van der Waals surface area contributed by atoms with Crippen molar-refractivity contribution in [3.05, 3.63) is 71.8 Å². The fraction of sp³-hybridized carbons (Fsp3) is 0.0588. The van der Waals surface area contributed by atoms with Gasteiger partial charge in [-0.1, -0.05) is 36.4 Å². The summed E-state index contributed by atoms with van der Waals surface area (Å²) >= 11 is 0. The van der Waals surface area contributed by atoms with Crippen molar-refractivity contribution < 1.29 is 4.79 Å². The minimum Gasteiger partial charge on any atom is -0.288 e. The highest BCUT2D eigenvalue weighted by atomic mass is 16.2. The lowest BCUT2D eigenvalue weighted by molar-refractivity contribution is -0.116. The van der Waals surface area contributed by atoms with Crippen LogP contribution in [-0.4, -0.2) is 13.0 Å². The zero-order valence-corrected chi connectivity index (χ0v) is 11.7. The normalized spacial score (nSPS) is 10.1. The molecule has 0 aliphatic heterocycles. The van der Waals surface area contributed by atoms with Crippen LogP contribution in [-0.2, 0) is 4.79 Å². The highest BCUT2D eigenvalue weighted by molar-refractivity contribution is 5.92.